The summed E-state index contributed by atoms with van der Waals surface area (Å²) in [6, 6.07) is 12.2. The minimum Gasteiger partial charge on any atom is -0.490 e. The molecule has 1 amide bonds. The van der Waals surface area contributed by atoms with E-state index in [-0.39, 0.29) is 24.1 Å². The van der Waals surface area contributed by atoms with E-state index in [0.29, 0.717) is 31.1 Å². The zero-order chi connectivity index (χ0) is 19.5. The molecule has 28 heavy (non-hydrogen) atoms. The second-order valence-corrected chi connectivity index (χ2v) is 7.06. The molecule has 146 valence electrons. The molecule has 2 aliphatic rings. The third kappa shape index (κ3) is 3.65. The number of carbonyl (C=O) groups excluding carboxylic acids is 1. The second-order valence-electron chi connectivity index (χ2n) is 7.06. The van der Waals surface area contributed by atoms with Gasteiger partial charge in [0.25, 0.3) is 5.69 Å². The zero-order valence-corrected chi connectivity index (χ0v) is 15.5. The number of fused-ring (bicyclic) bond motifs is 1. The van der Waals surface area contributed by atoms with Crippen LogP contribution in [0.3, 0.4) is 0 Å². The molecule has 0 aromatic heterocycles. The Bertz CT molecular complexity index is 898. The van der Waals surface area contributed by atoms with Crippen molar-refractivity contribution in [2.75, 3.05) is 19.8 Å². The number of ether oxygens (including phenoxy) is 2. The third-order valence-corrected chi connectivity index (χ3v) is 5.26. The maximum atomic E-state index is 13.0. The van der Waals surface area contributed by atoms with Crippen LogP contribution in [0.4, 0.5) is 5.69 Å². The van der Waals surface area contributed by atoms with Crippen LogP contribution in [0, 0.1) is 10.1 Å². The largest absolute Gasteiger partial charge is 0.490 e. The Kier molecular flexibility index (Phi) is 5.14. The molecule has 0 saturated carbocycles. The zero-order valence-electron chi connectivity index (χ0n) is 15.5. The highest BCUT2D eigenvalue weighted by Gasteiger charge is 2.31. The van der Waals surface area contributed by atoms with Crippen molar-refractivity contribution in [1.82, 2.24) is 4.90 Å². The summed E-state index contributed by atoms with van der Waals surface area (Å²) >= 11 is 0. The molecule has 1 saturated heterocycles. The van der Waals surface area contributed by atoms with Gasteiger partial charge in [-0.3, -0.25) is 14.9 Å². The van der Waals surface area contributed by atoms with E-state index >= 15 is 0 Å². The van der Waals surface area contributed by atoms with Gasteiger partial charge in [0.15, 0.2) is 11.5 Å². The fourth-order valence-electron chi connectivity index (χ4n) is 3.90. The number of hydrogen-bond donors (Lipinski definition) is 0. The Morgan fingerprint density at radius 1 is 1.11 bits per heavy atom. The smallest absolute Gasteiger partial charge is 0.273 e. The summed E-state index contributed by atoms with van der Waals surface area (Å²) in [6.07, 6.45) is 2.64. The molecule has 0 spiro atoms. The highest BCUT2D eigenvalue weighted by Crippen LogP contribution is 2.38. The highest BCUT2D eigenvalue weighted by atomic mass is 16.6. The molecule has 0 unspecified atom stereocenters. The number of benzene rings is 2. The van der Waals surface area contributed by atoms with Crippen LogP contribution < -0.4 is 9.47 Å². The van der Waals surface area contributed by atoms with Gasteiger partial charge in [-0.2, -0.15) is 0 Å². The Balaban J connectivity index is 1.55. The van der Waals surface area contributed by atoms with Crippen molar-refractivity contribution >= 4 is 11.6 Å². The van der Waals surface area contributed by atoms with E-state index in [1.807, 2.05) is 23.1 Å². The molecule has 4 rings (SSSR count). The summed E-state index contributed by atoms with van der Waals surface area (Å²) in [4.78, 5) is 25.6. The van der Waals surface area contributed by atoms with Gasteiger partial charge in [-0.05, 0) is 30.5 Å². The van der Waals surface area contributed by atoms with Crippen LogP contribution in [0.2, 0.25) is 0 Å². The quantitative estimate of drug-likeness (QED) is 0.595. The van der Waals surface area contributed by atoms with Crippen molar-refractivity contribution in [3.8, 4) is 11.5 Å². The lowest BCUT2D eigenvalue weighted by atomic mass is 10.0. The summed E-state index contributed by atoms with van der Waals surface area (Å²) in [5.74, 6) is 1.36. The van der Waals surface area contributed by atoms with Crippen molar-refractivity contribution in [2.45, 2.75) is 31.7 Å². The minimum atomic E-state index is -0.437. The molecule has 2 aromatic rings. The number of nitro groups is 1. The average molecular weight is 382 g/mol. The molecule has 0 radical (unpaired) electrons. The van der Waals surface area contributed by atoms with E-state index in [1.165, 1.54) is 6.07 Å². The standard InChI is InChI=1S/C21H22N2O5/c24-21(14-15-5-1-2-6-18(15)23(25)26)22-10-3-7-17(22)16-8-9-19-20(13-16)28-12-4-11-27-19/h1-2,5-6,8-9,13,17H,3-4,7,10-12,14H2/t17-/m0/s1. The van der Waals surface area contributed by atoms with Gasteiger partial charge in [-0.15, -0.1) is 0 Å². The molecule has 1 atom stereocenters. The van der Waals surface area contributed by atoms with Crippen LogP contribution in [-0.2, 0) is 11.2 Å². The summed E-state index contributed by atoms with van der Waals surface area (Å²) in [5, 5.41) is 11.2. The van der Waals surface area contributed by atoms with Gasteiger partial charge in [0, 0.05) is 24.6 Å². The molecule has 2 heterocycles. The van der Waals surface area contributed by atoms with Crippen LogP contribution in [0.25, 0.3) is 0 Å². The van der Waals surface area contributed by atoms with Crippen molar-refractivity contribution in [2.24, 2.45) is 0 Å². The Hall–Kier alpha value is -3.09. The number of carbonyl (C=O) groups is 1. The second kappa shape index (κ2) is 7.88. The third-order valence-electron chi connectivity index (χ3n) is 5.26. The van der Waals surface area contributed by atoms with Crippen LogP contribution in [-0.4, -0.2) is 35.5 Å². The summed E-state index contributed by atoms with van der Waals surface area (Å²) < 4.78 is 11.5. The maximum absolute atomic E-state index is 13.0. The molecule has 0 N–H and O–H groups in total. The van der Waals surface area contributed by atoms with Crippen LogP contribution in [0.5, 0.6) is 11.5 Å². The van der Waals surface area contributed by atoms with Crippen LogP contribution >= 0.6 is 0 Å². The molecule has 2 aliphatic heterocycles. The lowest BCUT2D eigenvalue weighted by molar-refractivity contribution is -0.385. The van der Waals surface area contributed by atoms with Gasteiger partial charge in [-0.1, -0.05) is 24.3 Å². The van der Waals surface area contributed by atoms with E-state index < -0.39 is 4.92 Å². The first kappa shape index (κ1) is 18.3. The monoisotopic (exact) mass is 382 g/mol. The highest BCUT2D eigenvalue weighted by molar-refractivity contribution is 5.80. The van der Waals surface area contributed by atoms with E-state index in [9.17, 15) is 14.9 Å². The number of likely N-dealkylation sites (tertiary alicyclic amines) is 1. The summed E-state index contributed by atoms with van der Waals surface area (Å²) in [7, 11) is 0. The topological polar surface area (TPSA) is 81.9 Å². The summed E-state index contributed by atoms with van der Waals surface area (Å²) in [5.41, 5.74) is 1.45. The molecule has 1 fully saturated rings. The Morgan fingerprint density at radius 3 is 2.71 bits per heavy atom. The Morgan fingerprint density at radius 2 is 1.89 bits per heavy atom. The number of nitro benzene ring substituents is 1. The Labute approximate surface area is 163 Å². The molecule has 7 nitrogen and oxygen atoms in total. The SMILES string of the molecule is O=C(Cc1ccccc1[N+](=O)[O-])N1CCC[C@H]1c1ccc2c(c1)OCCCO2. The number of para-hydroxylation sites is 1. The van der Waals surface area contributed by atoms with E-state index in [4.69, 9.17) is 9.47 Å². The van der Waals surface area contributed by atoms with Crippen LogP contribution in [0.15, 0.2) is 42.5 Å². The van der Waals surface area contributed by atoms with E-state index in [1.54, 1.807) is 18.2 Å². The fourth-order valence-corrected chi connectivity index (χ4v) is 3.90. The molecule has 0 aliphatic carbocycles. The van der Waals surface area contributed by atoms with Gasteiger partial charge in [-0.25, -0.2) is 0 Å². The number of nitrogens with zero attached hydrogens (tertiary/aromatic N) is 2. The summed E-state index contributed by atoms with van der Waals surface area (Å²) in [6.45, 7) is 1.90. The first-order chi connectivity index (χ1) is 13.6. The van der Waals surface area contributed by atoms with Gasteiger partial charge < -0.3 is 14.4 Å². The van der Waals surface area contributed by atoms with Gasteiger partial charge in [0.2, 0.25) is 5.91 Å². The van der Waals surface area contributed by atoms with E-state index in [2.05, 4.69) is 0 Å². The van der Waals surface area contributed by atoms with Gasteiger partial charge in [0.05, 0.1) is 30.6 Å². The van der Waals surface area contributed by atoms with Gasteiger partial charge in [0.1, 0.15) is 0 Å². The molecule has 2 aromatic carbocycles. The number of rotatable bonds is 4. The molecule has 0 bridgehead atoms. The molecular formula is C21H22N2O5. The average Bonchev–Trinajstić information content (AvgIpc) is 3.07. The molecule has 7 heteroatoms. The lowest BCUT2D eigenvalue weighted by Gasteiger charge is -2.26. The van der Waals surface area contributed by atoms with Gasteiger partial charge >= 0.3 is 0 Å². The van der Waals surface area contributed by atoms with Crippen molar-refractivity contribution in [3.05, 3.63) is 63.7 Å². The fraction of sp³-hybridized carbons (Fsp3) is 0.381. The predicted molar refractivity (Wildman–Crippen MR) is 103 cm³/mol. The number of amides is 1. The minimum absolute atomic E-state index is 0.0119. The van der Waals surface area contributed by atoms with Crippen molar-refractivity contribution in [3.63, 3.8) is 0 Å². The first-order valence-electron chi connectivity index (χ1n) is 9.55. The normalized spacial score (nSPS) is 18.6. The number of hydrogen-bond acceptors (Lipinski definition) is 5. The van der Waals surface area contributed by atoms with Crippen LogP contribution in [0.1, 0.15) is 36.4 Å². The van der Waals surface area contributed by atoms with Crippen molar-refractivity contribution < 1.29 is 19.2 Å². The van der Waals surface area contributed by atoms with E-state index in [0.717, 1.165) is 30.6 Å². The first-order valence-corrected chi connectivity index (χ1v) is 9.55. The predicted octanol–water partition coefficient (Wildman–Crippen LogP) is 3.66. The van der Waals surface area contributed by atoms with Crippen molar-refractivity contribution in [1.29, 1.82) is 0 Å². The maximum Gasteiger partial charge on any atom is 0.273 e. The lowest BCUT2D eigenvalue weighted by Crippen LogP contribution is -2.32. The molecular weight excluding hydrogens is 360 g/mol.